The summed E-state index contributed by atoms with van der Waals surface area (Å²) in [6.45, 7) is 3.29. The maximum Gasteiger partial charge on any atom is 0.251 e. The topological polar surface area (TPSA) is 59.0 Å². The molecule has 1 fully saturated rings. The van der Waals surface area contributed by atoms with Gasteiger partial charge in [0.1, 0.15) is 0 Å². The summed E-state index contributed by atoms with van der Waals surface area (Å²) >= 11 is 0. The maximum absolute atomic E-state index is 13.7. The number of benzene rings is 2. The second kappa shape index (κ2) is 9.36. The molecule has 158 valence electrons. The van der Waals surface area contributed by atoms with E-state index in [4.69, 9.17) is 0 Å². The molecule has 30 heavy (non-hydrogen) atoms. The number of rotatable bonds is 4. The number of halogens is 3. The molecule has 0 aliphatic carbocycles. The molecule has 2 N–H and O–H groups in total. The van der Waals surface area contributed by atoms with Gasteiger partial charge in [-0.1, -0.05) is 6.07 Å². The zero-order valence-electron chi connectivity index (χ0n) is 16.4. The summed E-state index contributed by atoms with van der Waals surface area (Å²) in [5.74, 6) is -2.01. The van der Waals surface area contributed by atoms with Crippen molar-refractivity contribution in [2.24, 2.45) is 0 Å². The Hall–Kier alpha value is -2.77. The third-order valence-corrected chi connectivity index (χ3v) is 5.28. The van der Waals surface area contributed by atoms with Crippen molar-refractivity contribution in [1.29, 1.82) is 0 Å². The van der Waals surface area contributed by atoms with Crippen LogP contribution in [0.3, 0.4) is 0 Å². The number of nitrogens with zero attached hydrogens (tertiary/aromatic N) is 2. The van der Waals surface area contributed by atoms with E-state index < -0.39 is 11.6 Å². The number of piperidine rings is 1. The Balaban J connectivity index is 0.00000256. The Morgan fingerprint density at radius 1 is 1.17 bits per heavy atom. The van der Waals surface area contributed by atoms with Crippen LogP contribution in [0.5, 0.6) is 0 Å². The number of hydrogen-bond acceptors (Lipinski definition) is 3. The first-order valence-electron chi connectivity index (χ1n) is 9.59. The zero-order chi connectivity index (χ0) is 20.4. The van der Waals surface area contributed by atoms with Gasteiger partial charge in [0.15, 0.2) is 11.6 Å². The van der Waals surface area contributed by atoms with Crippen LogP contribution in [0.2, 0.25) is 0 Å². The van der Waals surface area contributed by atoms with Gasteiger partial charge in [-0.25, -0.2) is 13.5 Å². The van der Waals surface area contributed by atoms with E-state index in [2.05, 4.69) is 15.7 Å². The first-order valence-corrected chi connectivity index (χ1v) is 9.59. The number of nitrogens with one attached hydrogen (secondary N) is 2. The van der Waals surface area contributed by atoms with Gasteiger partial charge in [0, 0.05) is 30.3 Å². The fourth-order valence-electron chi connectivity index (χ4n) is 3.72. The minimum atomic E-state index is -0.865. The van der Waals surface area contributed by atoms with Gasteiger partial charge >= 0.3 is 0 Å². The van der Waals surface area contributed by atoms with Crippen LogP contribution in [0, 0.1) is 18.6 Å². The average molecular weight is 433 g/mol. The van der Waals surface area contributed by atoms with E-state index in [1.165, 1.54) is 6.07 Å². The van der Waals surface area contributed by atoms with Gasteiger partial charge in [0.2, 0.25) is 0 Å². The summed E-state index contributed by atoms with van der Waals surface area (Å²) < 4.78 is 28.7. The van der Waals surface area contributed by atoms with Crippen LogP contribution in [0.4, 0.5) is 8.78 Å². The molecule has 1 aliphatic rings. The second-order valence-corrected chi connectivity index (χ2v) is 7.36. The molecule has 1 aliphatic heterocycles. The second-order valence-electron chi connectivity index (χ2n) is 7.36. The standard InChI is InChI=1S/C22H22F2N4O.ClH/c1-14-11-26-28(13-14)17-5-2-15(3-6-17)22(29)27-21-12-25-9-8-18(21)16-4-7-19(23)20(24)10-16;/h2-7,10-11,13,18,21,25H,8-9,12H2,1H3,(H,27,29);1H. The summed E-state index contributed by atoms with van der Waals surface area (Å²) in [6.07, 6.45) is 4.41. The Labute approximate surface area is 179 Å². The third-order valence-electron chi connectivity index (χ3n) is 5.28. The highest BCUT2D eigenvalue weighted by atomic mass is 35.5. The van der Waals surface area contributed by atoms with Crippen molar-refractivity contribution >= 4 is 18.3 Å². The lowest BCUT2D eigenvalue weighted by molar-refractivity contribution is 0.0924. The van der Waals surface area contributed by atoms with Crippen LogP contribution in [-0.2, 0) is 0 Å². The van der Waals surface area contributed by atoms with E-state index in [1.807, 2.05) is 25.3 Å². The van der Waals surface area contributed by atoms with E-state index >= 15 is 0 Å². The Kier molecular flexibility index (Phi) is 6.84. The van der Waals surface area contributed by atoms with E-state index in [0.717, 1.165) is 30.3 Å². The Bertz CT molecular complexity index is 1020. The first kappa shape index (κ1) is 21.9. The molecule has 5 nitrogen and oxygen atoms in total. The van der Waals surface area contributed by atoms with Crippen molar-refractivity contribution in [3.05, 3.63) is 83.2 Å². The minimum Gasteiger partial charge on any atom is -0.347 e. The highest BCUT2D eigenvalue weighted by Gasteiger charge is 2.28. The average Bonchev–Trinajstić information content (AvgIpc) is 3.17. The van der Waals surface area contributed by atoms with Crippen molar-refractivity contribution in [3.63, 3.8) is 0 Å². The summed E-state index contributed by atoms with van der Waals surface area (Å²) in [5.41, 5.74) is 3.15. The fraction of sp³-hybridized carbons (Fsp3) is 0.273. The van der Waals surface area contributed by atoms with Crippen LogP contribution in [0.15, 0.2) is 54.9 Å². The molecule has 2 heterocycles. The number of amides is 1. The summed E-state index contributed by atoms with van der Waals surface area (Å²) in [5, 5.41) is 10.6. The molecular formula is C22H23ClF2N4O. The van der Waals surface area contributed by atoms with E-state index in [1.54, 1.807) is 29.1 Å². The number of aromatic nitrogens is 2. The van der Waals surface area contributed by atoms with Crippen molar-refractivity contribution in [2.75, 3.05) is 13.1 Å². The predicted octanol–water partition coefficient (Wildman–Crippen LogP) is 3.76. The molecule has 0 radical (unpaired) electrons. The van der Waals surface area contributed by atoms with E-state index in [0.29, 0.717) is 17.7 Å². The number of hydrogen-bond donors (Lipinski definition) is 2. The maximum atomic E-state index is 13.7. The molecule has 1 amide bonds. The van der Waals surface area contributed by atoms with E-state index in [9.17, 15) is 13.6 Å². The SMILES string of the molecule is Cc1cnn(-c2ccc(C(=O)NC3CNCCC3c3ccc(F)c(F)c3)cc2)c1.Cl. The van der Waals surface area contributed by atoms with Crippen LogP contribution in [0.25, 0.3) is 5.69 Å². The monoisotopic (exact) mass is 432 g/mol. The van der Waals surface area contributed by atoms with Crippen LogP contribution < -0.4 is 10.6 Å². The highest BCUT2D eigenvalue weighted by molar-refractivity contribution is 5.94. The van der Waals surface area contributed by atoms with Gasteiger partial charge in [0.25, 0.3) is 5.91 Å². The molecule has 0 bridgehead atoms. The summed E-state index contributed by atoms with van der Waals surface area (Å²) in [7, 11) is 0. The van der Waals surface area contributed by atoms with Gasteiger partial charge in [-0.3, -0.25) is 4.79 Å². The van der Waals surface area contributed by atoms with Crippen molar-refractivity contribution in [2.45, 2.75) is 25.3 Å². The third kappa shape index (κ3) is 4.68. The van der Waals surface area contributed by atoms with Crippen molar-refractivity contribution in [1.82, 2.24) is 20.4 Å². The number of aryl methyl sites for hydroxylation is 1. The summed E-state index contributed by atoms with van der Waals surface area (Å²) in [4.78, 5) is 12.8. The molecule has 0 spiro atoms. The van der Waals surface area contributed by atoms with Gasteiger partial charge in [-0.15, -0.1) is 12.4 Å². The molecule has 4 rings (SSSR count). The lowest BCUT2D eigenvalue weighted by Gasteiger charge is -2.33. The summed E-state index contributed by atoms with van der Waals surface area (Å²) in [6, 6.07) is 10.9. The largest absolute Gasteiger partial charge is 0.347 e. The fourth-order valence-corrected chi connectivity index (χ4v) is 3.72. The normalized spacial score (nSPS) is 18.5. The van der Waals surface area contributed by atoms with Gasteiger partial charge in [0.05, 0.1) is 11.9 Å². The molecule has 2 unspecified atom stereocenters. The van der Waals surface area contributed by atoms with Gasteiger partial charge in [-0.05, 0) is 67.4 Å². The zero-order valence-corrected chi connectivity index (χ0v) is 17.3. The Morgan fingerprint density at radius 2 is 1.93 bits per heavy atom. The lowest BCUT2D eigenvalue weighted by Crippen LogP contribution is -2.50. The molecule has 1 saturated heterocycles. The van der Waals surface area contributed by atoms with Gasteiger partial charge in [-0.2, -0.15) is 5.10 Å². The first-order chi connectivity index (χ1) is 14.0. The van der Waals surface area contributed by atoms with Gasteiger partial charge < -0.3 is 10.6 Å². The minimum absolute atomic E-state index is 0. The number of carbonyl (C=O) groups is 1. The van der Waals surface area contributed by atoms with Crippen LogP contribution in [0.1, 0.15) is 33.8 Å². The predicted molar refractivity (Wildman–Crippen MR) is 113 cm³/mol. The quantitative estimate of drug-likeness (QED) is 0.660. The van der Waals surface area contributed by atoms with Crippen molar-refractivity contribution in [3.8, 4) is 5.69 Å². The Morgan fingerprint density at radius 3 is 2.60 bits per heavy atom. The lowest BCUT2D eigenvalue weighted by atomic mass is 9.85. The highest BCUT2D eigenvalue weighted by Crippen LogP contribution is 2.27. The van der Waals surface area contributed by atoms with Crippen LogP contribution in [-0.4, -0.2) is 34.8 Å². The van der Waals surface area contributed by atoms with Crippen molar-refractivity contribution < 1.29 is 13.6 Å². The molecule has 2 atom stereocenters. The molecule has 2 aromatic carbocycles. The number of carbonyl (C=O) groups excluding carboxylic acids is 1. The van der Waals surface area contributed by atoms with E-state index in [-0.39, 0.29) is 30.3 Å². The molecule has 1 aromatic heterocycles. The molecular weight excluding hydrogens is 410 g/mol. The molecule has 0 saturated carbocycles. The molecule has 8 heteroatoms. The van der Waals surface area contributed by atoms with Crippen LogP contribution >= 0.6 is 12.4 Å². The smallest absolute Gasteiger partial charge is 0.251 e. The molecule has 3 aromatic rings.